The molecule has 0 aromatic carbocycles. The molecule has 0 bridgehead atoms. The van der Waals surface area contributed by atoms with E-state index in [-0.39, 0.29) is 35.3 Å². The molecule has 3 fully saturated rings. The van der Waals surface area contributed by atoms with Crippen molar-refractivity contribution in [2.45, 2.75) is 90.5 Å². The average molecular weight is 559 g/mol. The molecule has 9 nitrogen and oxygen atoms in total. The number of furan rings is 1. The quantitative estimate of drug-likeness (QED) is 0.569. The normalized spacial score (nSPS) is 21.2. The average Bonchev–Trinajstić information content (AvgIpc) is 3.23. The number of pyridine rings is 1. The number of rotatable bonds is 6. The highest BCUT2D eigenvalue weighted by Crippen LogP contribution is 2.61. The number of aromatic nitrogens is 1. The minimum atomic E-state index is -3.46. The molecular formula is C29H42N4O5S. The van der Waals surface area contributed by atoms with E-state index in [2.05, 4.69) is 31.6 Å². The lowest BCUT2D eigenvalue weighted by Gasteiger charge is -2.54. The number of nitrogens with one attached hydrogen (secondary N) is 1. The first kappa shape index (κ1) is 28.1. The molecule has 1 N–H and O–H groups in total. The third kappa shape index (κ3) is 5.34. The zero-order valence-electron chi connectivity index (χ0n) is 24.1. The number of amides is 2. The zero-order chi connectivity index (χ0) is 28.4. The van der Waals surface area contributed by atoms with E-state index in [4.69, 9.17) is 9.40 Å². The van der Waals surface area contributed by atoms with Crippen LogP contribution in [-0.4, -0.2) is 72.5 Å². The van der Waals surface area contributed by atoms with E-state index in [1.807, 2.05) is 13.8 Å². The number of carbonyl (C=O) groups excluding carboxylic acids is 2. The van der Waals surface area contributed by atoms with Gasteiger partial charge in [0.25, 0.3) is 5.91 Å². The lowest BCUT2D eigenvalue weighted by molar-refractivity contribution is -0.134. The van der Waals surface area contributed by atoms with Crippen molar-refractivity contribution >= 4 is 32.9 Å². The van der Waals surface area contributed by atoms with Gasteiger partial charge in [-0.2, -0.15) is 0 Å². The molecule has 2 amide bonds. The van der Waals surface area contributed by atoms with Crippen molar-refractivity contribution < 1.29 is 22.4 Å². The van der Waals surface area contributed by atoms with E-state index < -0.39 is 15.6 Å². The molecule has 0 atom stereocenters. The maximum Gasteiger partial charge on any atom is 0.290 e. The van der Waals surface area contributed by atoms with Crippen molar-refractivity contribution in [3.63, 3.8) is 0 Å². The molecule has 1 saturated heterocycles. The van der Waals surface area contributed by atoms with E-state index >= 15 is 0 Å². The lowest BCUT2D eigenvalue weighted by atomic mass is 9.51. The Morgan fingerprint density at radius 3 is 2.41 bits per heavy atom. The predicted molar refractivity (Wildman–Crippen MR) is 150 cm³/mol. The second kappa shape index (κ2) is 9.58. The van der Waals surface area contributed by atoms with Crippen LogP contribution in [0.1, 0.15) is 101 Å². The van der Waals surface area contributed by atoms with Crippen LogP contribution in [0.2, 0.25) is 0 Å². The van der Waals surface area contributed by atoms with Crippen molar-refractivity contribution in [3.05, 3.63) is 29.2 Å². The third-order valence-electron chi connectivity index (χ3n) is 9.03. The molecule has 10 heteroatoms. The summed E-state index contributed by atoms with van der Waals surface area (Å²) in [7, 11) is -3.46. The van der Waals surface area contributed by atoms with Crippen LogP contribution in [0.15, 0.2) is 16.5 Å². The maximum absolute atomic E-state index is 13.7. The summed E-state index contributed by atoms with van der Waals surface area (Å²) in [4.78, 5) is 34.8. The summed E-state index contributed by atoms with van der Waals surface area (Å²) >= 11 is 0. The van der Waals surface area contributed by atoms with Crippen molar-refractivity contribution in [2.75, 3.05) is 31.9 Å². The van der Waals surface area contributed by atoms with E-state index in [9.17, 15) is 18.0 Å². The Morgan fingerprint density at radius 1 is 1.15 bits per heavy atom. The number of nitrogens with zero attached hydrogens (tertiary/aromatic N) is 3. The van der Waals surface area contributed by atoms with Gasteiger partial charge in [-0.1, -0.05) is 27.2 Å². The summed E-state index contributed by atoms with van der Waals surface area (Å²) in [5.74, 6) is 0.113. The number of sulfonamides is 1. The molecule has 3 aliphatic rings. The van der Waals surface area contributed by atoms with Gasteiger partial charge in [-0.25, -0.2) is 18.1 Å². The van der Waals surface area contributed by atoms with Gasteiger partial charge in [0, 0.05) is 42.9 Å². The van der Waals surface area contributed by atoms with Crippen LogP contribution < -0.4 is 4.72 Å². The van der Waals surface area contributed by atoms with Gasteiger partial charge < -0.3 is 14.2 Å². The van der Waals surface area contributed by atoms with E-state index in [1.165, 1.54) is 39.0 Å². The van der Waals surface area contributed by atoms with E-state index in [0.29, 0.717) is 36.6 Å². The molecule has 5 rings (SSSR count). The first-order valence-electron chi connectivity index (χ1n) is 14.2. The van der Waals surface area contributed by atoms with Gasteiger partial charge in [0.15, 0.2) is 11.3 Å². The Morgan fingerprint density at radius 2 is 1.85 bits per heavy atom. The molecule has 1 spiro atoms. The van der Waals surface area contributed by atoms with Gasteiger partial charge in [-0.3, -0.25) is 9.59 Å². The summed E-state index contributed by atoms with van der Waals surface area (Å²) < 4.78 is 32.1. The maximum atomic E-state index is 13.7. The molecule has 1 aliphatic heterocycles. The smallest absolute Gasteiger partial charge is 0.290 e. The predicted octanol–water partition coefficient (Wildman–Crippen LogP) is 4.18. The van der Waals surface area contributed by atoms with Crippen molar-refractivity contribution in [1.82, 2.24) is 19.5 Å². The minimum Gasteiger partial charge on any atom is -0.449 e. The Kier molecular flexibility index (Phi) is 6.90. The van der Waals surface area contributed by atoms with Crippen molar-refractivity contribution in [3.8, 4) is 0 Å². The van der Waals surface area contributed by atoms with Gasteiger partial charge in [-0.15, -0.1) is 0 Å². The monoisotopic (exact) mass is 558 g/mol. The van der Waals surface area contributed by atoms with Gasteiger partial charge >= 0.3 is 0 Å². The zero-order valence-corrected chi connectivity index (χ0v) is 24.9. The molecule has 2 saturated carbocycles. The van der Waals surface area contributed by atoms with Crippen LogP contribution in [0.3, 0.4) is 0 Å². The van der Waals surface area contributed by atoms with Crippen LogP contribution in [-0.2, 0) is 20.2 Å². The number of carbonyl (C=O) groups is 2. The van der Waals surface area contributed by atoms with Gasteiger partial charge in [0.2, 0.25) is 15.9 Å². The fourth-order valence-corrected chi connectivity index (χ4v) is 7.00. The second-order valence-corrected chi connectivity index (χ2v) is 15.5. The highest BCUT2D eigenvalue weighted by Gasteiger charge is 2.49. The minimum absolute atomic E-state index is 0.0831. The van der Waals surface area contributed by atoms with Gasteiger partial charge in [0.05, 0.1) is 17.8 Å². The molecule has 2 aliphatic carbocycles. The molecule has 39 heavy (non-hydrogen) atoms. The molecule has 2 aromatic rings. The van der Waals surface area contributed by atoms with Crippen molar-refractivity contribution in [1.29, 1.82) is 0 Å². The summed E-state index contributed by atoms with van der Waals surface area (Å²) in [6.07, 6.45) is 6.43. The highest BCUT2D eigenvalue weighted by atomic mass is 32.2. The number of hydrogen-bond acceptors (Lipinski definition) is 6. The molecule has 2 aromatic heterocycles. The molecule has 214 valence electrons. The van der Waals surface area contributed by atoms with E-state index in [1.54, 1.807) is 15.9 Å². The standard InChI is InChI=1S/C29H42N4O5S/c1-7-39(36,37)30-17-24(34)32-11-12-33(28(5,6)18-32)26(35)23-14-22-25(38-23)20(27(2,3)4)13-21(31-22)19-15-29(16-19)9-8-10-29/h13-14,19,30H,7-12,15-18H2,1-6H3. The van der Waals surface area contributed by atoms with Crippen LogP contribution >= 0.6 is 0 Å². The fraction of sp³-hybridized carbons (Fsp3) is 0.690. The number of hydrogen-bond donors (Lipinski definition) is 1. The number of fused-ring (bicyclic) bond motifs is 1. The highest BCUT2D eigenvalue weighted by molar-refractivity contribution is 7.89. The summed E-state index contributed by atoms with van der Waals surface area (Å²) in [5.41, 5.74) is 3.29. The summed E-state index contributed by atoms with van der Waals surface area (Å²) in [6.45, 7) is 12.5. The van der Waals surface area contributed by atoms with E-state index in [0.717, 1.165) is 16.8 Å². The fourth-order valence-electron chi connectivity index (χ4n) is 6.46. The topological polar surface area (TPSA) is 113 Å². The Balaban J connectivity index is 1.35. The molecule has 0 radical (unpaired) electrons. The molecule has 3 heterocycles. The second-order valence-electron chi connectivity index (χ2n) is 13.4. The van der Waals surface area contributed by atoms with Crippen LogP contribution in [0.25, 0.3) is 11.1 Å². The van der Waals surface area contributed by atoms with Gasteiger partial charge in [0.1, 0.15) is 5.52 Å². The molecular weight excluding hydrogens is 516 g/mol. The van der Waals surface area contributed by atoms with Crippen molar-refractivity contribution in [2.24, 2.45) is 5.41 Å². The first-order chi connectivity index (χ1) is 18.1. The molecule has 0 unspecified atom stereocenters. The van der Waals surface area contributed by atoms with Crippen LogP contribution in [0, 0.1) is 5.41 Å². The summed E-state index contributed by atoms with van der Waals surface area (Å²) in [6, 6.07) is 3.97. The third-order valence-corrected chi connectivity index (χ3v) is 10.4. The Bertz CT molecular complexity index is 1390. The Hall–Kier alpha value is -2.46. The number of piperazine rings is 1. The Labute approximate surface area is 231 Å². The lowest BCUT2D eigenvalue weighted by Crippen LogP contribution is -2.62. The SMILES string of the molecule is CCS(=O)(=O)NCC(=O)N1CCN(C(=O)c2cc3nc(C4CC5(CCC5)C4)cc(C(C)(C)C)c3o2)C(C)(C)C1. The van der Waals surface area contributed by atoms with Crippen LogP contribution in [0.5, 0.6) is 0 Å². The first-order valence-corrected chi connectivity index (χ1v) is 15.8. The van der Waals surface area contributed by atoms with Crippen LogP contribution in [0.4, 0.5) is 0 Å². The largest absolute Gasteiger partial charge is 0.449 e. The summed E-state index contributed by atoms with van der Waals surface area (Å²) in [5, 5.41) is 0. The van der Waals surface area contributed by atoms with Gasteiger partial charge in [-0.05, 0) is 63.4 Å².